The summed E-state index contributed by atoms with van der Waals surface area (Å²) < 4.78 is 2.10. The molecular weight excluding hydrogens is 420 g/mol. The quantitative estimate of drug-likeness (QED) is 0.649. The molecule has 1 saturated carbocycles. The molecule has 0 bridgehead atoms. The molecular formula is C24H28N6OS. The Labute approximate surface area is 191 Å². The molecule has 3 aromatic rings. The van der Waals surface area contributed by atoms with Crippen molar-refractivity contribution in [2.24, 2.45) is 0 Å². The number of carbonyl (C=O) groups excluding carboxylic acids is 1. The molecule has 166 valence electrons. The second-order valence-electron chi connectivity index (χ2n) is 9.42. The highest BCUT2D eigenvalue weighted by atomic mass is 32.1. The number of benzene rings is 1. The smallest absolute Gasteiger partial charge is 0.289 e. The number of thiazole rings is 1. The van der Waals surface area contributed by atoms with Gasteiger partial charge in [0.2, 0.25) is 5.82 Å². The van der Waals surface area contributed by atoms with E-state index in [1.165, 1.54) is 10.4 Å². The molecule has 1 saturated heterocycles. The van der Waals surface area contributed by atoms with Crippen molar-refractivity contribution in [2.45, 2.75) is 69.6 Å². The van der Waals surface area contributed by atoms with Crippen molar-refractivity contribution in [2.75, 3.05) is 6.54 Å². The fraction of sp³-hybridized carbons (Fsp3) is 0.500. The van der Waals surface area contributed by atoms with Crippen LogP contribution in [0.1, 0.15) is 58.3 Å². The third-order valence-electron chi connectivity index (χ3n) is 7.56. The van der Waals surface area contributed by atoms with E-state index in [2.05, 4.69) is 67.2 Å². The van der Waals surface area contributed by atoms with E-state index in [-0.39, 0.29) is 17.4 Å². The molecule has 2 aliphatic heterocycles. The van der Waals surface area contributed by atoms with Crippen LogP contribution in [0.2, 0.25) is 0 Å². The van der Waals surface area contributed by atoms with Crippen molar-refractivity contribution in [3.63, 3.8) is 0 Å². The Morgan fingerprint density at radius 2 is 2.06 bits per heavy atom. The van der Waals surface area contributed by atoms with Crippen molar-refractivity contribution in [1.29, 1.82) is 0 Å². The highest BCUT2D eigenvalue weighted by Crippen LogP contribution is 2.46. The number of likely N-dealkylation sites (tertiary alicyclic amines) is 1. The monoisotopic (exact) mass is 448 g/mol. The average molecular weight is 449 g/mol. The normalized spacial score (nSPS) is 25.2. The largest absolute Gasteiger partial charge is 0.347 e. The summed E-state index contributed by atoms with van der Waals surface area (Å²) in [5, 5.41) is 11.9. The van der Waals surface area contributed by atoms with Crippen LogP contribution in [0.5, 0.6) is 0 Å². The van der Waals surface area contributed by atoms with Crippen LogP contribution in [0.3, 0.4) is 0 Å². The lowest BCUT2D eigenvalue weighted by atomic mass is 9.71. The lowest BCUT2D eigenvalue weighted by Gasteiger charge is -2.37. The Morgan fingerprint density at radius 1 is 1.22 bits per heavy atom. The summed E-state index contributed by atoms with van der Waals surface area (Å²) >= 11 is 1.74. The van der Waals surface area contributed by atoms with Gasteiger partial charge in [0.05, 0.1) is 11.2 Å². The topological polar surface area (TPSA) is 75.9 Å². The molecule has 0 radical (unpaired) electrons. The number of nitrogens with one attached hydrogen (secondary N) is 1. The van der Waals surface area contributed by atoms with E-state index in [1.54, 1.807) is 11.3 Å². The second-order valence-corrected chi connectivity index (χ2v) is 10.4. The molecule has 2 atom stereocenters. The van der Waals surface area contributed by atoms with Crippen LogP contribution >= 0.6 is 11.3 Å². The molecule has 6 rings (SSSR count). The van der Waals surface area contributed by atoms with Gasteiger partial charge < -0.3 is 9.88 Å². The zero-order valence-electron chi connectivity index (χ0n) is 18.3. The summed E-state index contributed by atoms with van der Waals surface area (Å²) in [6.45, 7) is 4.77. The van der Waals surface area contributed by atoms with E-state index < -0.39 is 0 Å². The van der Waals surface area contributed by atoms with Crippen molar-refractivity contribution in [3.8, 4) is 0 Å². The molecule has 3 aliphatic rings. The van der Waals surface area contributed by atoms with E-state index in [0.29, 0.717) is 11.9 Å². The van der Waals surface area contributed by atoms with Gasteiger partial charge in [0, 0.05) is 41.9 Å². The van der Waals surface area contributed by atoms with Crippen LogP contribution in [0, 0.1) is 6.92 Å². The van der Waals surface area contributed by atoms with Gasteiger partial charge in [0.25, 0.3) is 5.91 Å². The van der Waals surface area contributed by atoms with E-state index in [4.69, 9.17) is 0 Å². The number of fused-ring (bicyclic) bond motifs is 2. The minimum atomic E-state index is -0.0821. The van der Waals surface area contributed by atoms with Gasteiger partial charge >= 0.3 is 0 Å². The summed E-state index contributed by atoms with van der Waals surface area (Å²) in [5.74, 6) is 1.32. The van der Waals surface area contributed by atoms with E-state index in [9.17, 15) is 4.79 Å². The third kappa shape index (κ3) is 3.36. The van der Waals surface area contributed by atoms with Gasteiger partial charge in [0.1, 0.15) is 5.82 Å². The van der Waals surface area contributed by atoms with Gasteiger partial charge in [-0.15, -0.1) is 21.5 Å². The molecule has 4 heterocycles. The van der Waals surface area contributed by atoms with Crippen LogP contribution in [-0.4, -0.2) is 49.2 Å². The van der Waals surface area contributed by atoms with Gasteiger partial charge in [-0.3, -0.25) is 9.69 Å². The number of aryl methyl sites for hydroxylation is 2. The number of hydrogen-bond acceptors (Lipinski definition) is 6. The maximum Gasteiger partial charge on any atom is 0.289 e. The van der Waals surface area contributed by atoms with Gasteiger partial charge in [-0.2, -0.15) is 0 Å². The first-order valence-electron chi connectivity index (χ1n) is 11.6. The van der Waals surface area contributed by atoms with Gasteiger partial charge in [-0.1, -0.05) is 30.3 Å². The molecule has 0 spiro atoms. The molecule has 1 aromatic carbocycles. The molecule has 2 aromatic heterocycles. The van der Waals surface area contributed by atoms with Gasteiger partial charge in [-0.25, -0.2) is 4.98 Å². The summed E-state index contributed by atoms with van der Waals surface area (Å²) in [5.41, 5.74) is 4.51. The van der Waals surface area contributed by atoms with Crippen LogP contribution in [0.25, 0.3) is 0 Å². The zero-order valence-corrected chi connectivity index (χ0v) is 19.1. The number of nitrogens with zero attached hydrogens (tertiary/aromatic N) is 5. The number of amides is 1. The van der Waals surface area contributed by atoms with Crippen LogP contribution in [0.4, 0.5) is 0 Å². The van der Waals surface area contributed by atoms with Crippen molar-refractivity contribution in [1.82, 2.24) is 30.0 Å². The molecule has 8 heteroatoms. The third-order valence-corrected chi connectivity index (χ3v) is 8.48. The number of carbonyl (C=O) groups is 1. The summed E-state index contributed by atoms with van der Waals surface area (Å²) in [6, 6.07) is 11.5. The predicted molar refractivity (Wildman–Crippen MR) is 123 cm³/mol. The maximum atomic E-state index is 12.9. The molecule has 1 amide bonds. The molecule has 1 aliphatic carbocycles. The highest BCUT2D eigenvalue weighted by Gasteiger charge is 2.50. The molecule has 1 N–H and O–H groups in total. The molecule has 2 fully saturated rings. The minimum Gasteiger partial charge on any atom is -0.347 e. The van der Waals surface area contributed by atoms with E-state index >= 15 is 0 Å². The van der Waals surface area contributed by atoms with Crippen molar-refractivity contribution >= 4 is 17.2 Å². The molecule has 0 unspecified atom stereocenters. The van der Waals surface area contributed by atoms with Crippen LogP contribution in [-0.2, 0) is 24.9 Å². The lowest BCUT2D eigenvalue weighted by Crippen LogP contribution is -2.45. The Balaban J connectivity index is 1.38. The predicted octanol–water partition coefficient (Wildman–Crippen LogP) is 3.09. The van der Waals surface area contributed by atoms with Crippen LogP contribution < -0.4 is 5.32 Å². The maximum absolute atomic E-state index is 12.9. The van der Waals surface area contributed by atoms with E-state index in [0.717, 1.165) is 63.3 Å². The number of rotatable bonds is 5. The number of hydrogen-bond donors (Lipinski definition) is 1. The lowest BCUT2D eigenvalue weighted by molar-refractivity contribution is 0.0931. The summed E-state index contributed by atoms with van der Waals surface area (Å²) in [7, 11) is 0. The zero-order chi connectivity index (χ0) is 21.7. The average Bonchev–Trinajstić information content (AvgIpc) is 3.29. The fourth-order valence-electron chi connectivity index (χ4n) is 5.57. The first-order valence-corrected chi connectivity index (χ1v) is 12.4. The van der Waals surface area contributed by atoms with Crippen molar-refractivity contribution < 1.29 is 4.79 Å². The fourth-order valence-corrected chi connectivity index (χ4v) is 6.37. The standard InChI is InChI=1S/C24H28N6OS/c1-16-19(32-15-25-16)13-29-12-11-24(17-5-3-2-4-6-17)10-9-21-27-28-22(30(21)14-20(24)29)23(31)26-18-7-8-18/h2-6,15,18,20H,7-14H2,1H3,(H,26,31)/t20-,24-/m0/s1. The highest BCUT2D eigenvalue weighted by molar-refractivity contribution is 7.09. The summed E-state index contributed by atoms with van der Waals surface area (Å²) in [4.78, 5) is 21.3. The second kappa shape index (κ2) is 7.78. The number of aromatic nitrogens is 4. The van der Waals surface area contributed by atoms with Crippen molar-refractivity contribution in [3.05, 3.63) is 63.6 Å². The molecule has 7 nitrogen and oxygen atoms in total. The SMILES string of the molecule is Cc1ncsc1CN1CC[C@]2(c3ccccc3)CCc3nnc(C(=O)NC4CC4)n3C[C@H]12. The first-order chi connectivity index (χ1) is 15.6. The Bertz CT molecular complexity index is 1140. The Hall–Kier alpha value is -2.58. The van der Waals surface area contributed by atoms with Gasteiger partial charge in [0.15, 0.2) is 0 Å². The van der Waals surface area contributed by atoms with Crippen LogP contribution in [0.15, 0.2) is 35.8 Å². The first kappa shape index (κ1) is 20.1. The Kier molecular flexibility index (Phi) is 4.87. The van der Waals surface area contributed by atoms with Gasteiger partial charge in [-0.05, 0) is 44.7 Å². The molecule has 32 heavy (non-hydrogen) atoms. The Morgan fingerprint density at radius 3 is 2.81 bits per heavy atom. The van der Waals surface area contributed by atoms with E-state index in [1.807, 2.05) is 5.51 Å². The minimum absolute atomic E-state index is 0.0464. The summed E-state index contributed by atoms with van der Waals surface area (Å²) in [6.07, 6.45) is 5.09.